The molecule has 0 spiro atoms. The molecule has 0 saturated carbocycles. The van der Waals surface area contributed by atoms with E-state index in [-0.39, 0.29) is 0 Å². The van der Waals surface area contributed by atoms with E-state index in [1.807, 2.05) is 26.0 Å². The molecule has 0 fully saturated rings. The topological polar surface area (TPSA) is 34.2 Å². The summed E-state index contributed by atoms with van der Waals surface area (Å²) in [6, 6.07) is 0.885. The molecule has 6 heteroatoms. The van der Waals surface area contributed by atoms with Gasteiger partial charge in [-0.25, -0.2) is 0 Å². The zero-order chi connectivity index (χ0) is 27.2. The van der Waals surface area contributed by atoms with E-state index in [4.69, 9.17) is 13.3 Å². The summed E-state index contributed by atoms with van der Waals surface area (Å²) in [7, 11) is 13.0. The van der Waals surface area contributed by atoms with Gasteiger partial charge in [0.15, 0.2) is 0 Å². The van der Waals surface area contributed by atoms with Crippen molar-refractivity contribution in [2.45, 2.75) is 129 Å². The van der Waals surface area contributed by atoms with Gasteiger partial charge < -0.3 is 23.1 Å². The first-order chi connectivity index (χ1) is 16.7. The Labute approximate surface area is 224 Å². The molecule has 0 aromatic rings. The molecular weight excluding hydrogens is 452 g/mol. The third kappa shape index (κ3) is 36.2. The van der Waals surface area contributed by atoms with Crippen molar-refractivity contribution < 1.29 is 13.3 Å². The second-order valence-corrected chi connectivity index (χ2v) is 13.6. The second kappa shape index (κ2) is 32.0. The van der Waals surface area contributed by atoms with Crippen molar-refractivity contribution >= 4 is 8.80 Å². The Morgan fingerprint density at radius 2 is 0.743 bits per heavy atom. The van der Waals surface area contributed by atoms with Gasteiger partial charge in [-0.15, -0.1) is 0 Å². The van der Waals surface area contributed by atoms with E-state index in [0.717, 1.165) is 12.5 Å². The van der Waals surface area contributed by atoms with Gasteiger partial charge in [0.1, 0.15) is 0 Å². The minimum Gasteiger partial charge on any atom is -0.377 e. The number of rotatable bonds is 22. The molecular formula is C29H68N2O3Si. The lowest BCUT2D eigenvalue weighted by atomic mass is 10.0. The highest BCUT2D eigenvalue weighted by Gasteiger charge is 2.36. The lowest BCUT2D eigenvalue weighted by Gasteiger charge is -2.23. The molecule has 0 amide bonds. The van der Waals surface area contributed by atoms with Gasteiger partial charge in [-0.3, -0.25) is 0 Å². The van der Waals surface area contributed by atoms with Crippen LogP contribution in [-0.2, 0) is 13.3 Å². The number of unbranched alkanes of at least 4 members (excludes halogenated alkanes) is 15. The fourth-order valence-electron chi connectivity index (χ4n) is 3.84. The van der Waals surface area contributed by atoms with Crippen molar-refractivity contribution in [1.29, 1.82) is 0 Å². The van der Waals surface area contributed by atoms with Crippen LogP contribution in [0.25, 0.3) is 0 Å². The van der Waals surface area contributed by atoms with Crippen molar-refractivity contribution in [2.75, 3.05) is 63.1 Å². The van der Waals surface area contributed by atoms with E-state index in [0.29, 0.717) is 0 Å². The molecule has 0 heterocycles. The lowest BCUT2D eigenvalue weighted by Crippen LogP contribution is -2.42. The first-order valence-electron chi connectivity index (χ1n) is 14.7. The molecule has 0 aliphatic carbocycles. The van der Waals surface area contributed by atoms with Crippen LogP contribution in [0.4, 0.5) is 0 Å². The molecule has 35 heavy (non-hydrogen) atoms. The molecule has 0 radical (unpaired) electrons. The van der Waals surface area contributed by atoms with Gasteiger partial charge in [0, 0.05) is 27.4 Å². The fraction of sp³-hybridized carbons (Fsp3) is 1.00. The fourth-order valence-corrected chi connectivity index (χ4v) is 5.56. The minimum atomic E-state index is -2.22. The smallest absolute Gasteiger partial charge is 0.377 e. The van der Waals surface area contributed by atoms with Crippen LogP contribution in [0.2, 0.25) is 6.04 Å². The highest BCUT2D eigenvalue weighted by molar-refractivity contribution is 6.60. The number of hydrogen-bond donors (Lipinski definition) is 0. The van der Waals surface area contributed by atoms with Gasteiger partial charge in [-0.05, 0) is 48.2 Å². The average Bonchev–Trinajstić information content (AvgIpc) is 2.82. The first kappa shape index (κ1) is 39.5. The van der Waals surface area contributed by atoms with Crippen LogP contribution in [0.15, 0.2) is 0 Å². The monoisotopic (exact) mass is 520 g/mol. The van der Waals surface area contributed by atoms with Crippen LogP contribution in [0.5, 0.6) is 0 Å². The molecule has 0 aliphatic rings. The first-order valence-corrected chi connectivity index (χ1v) is 16.6. The normalized spacial score (nSPS) is 11.3. The molecule has 0 bridgehead atoms. The molecule has 0 rings (SSSR count). The van der Waals surface area contributed by atoms with Crippen molar-refractivity contribution in [3.05, 3.63) is 0 Å². The van der Waals surface area contributed by atoms with Crippen molar-refractivity contribution in [2.24, 2.45) is 0 Å². The van der Waals surface area contributed by atoms with E-state index in [9.17, 15) is 0 Å². The van der Waals surface area contributed by atoms with Gasteiger partial charge in [0.25, 0.3) is 0 Å². The van der Waals surface area contributed by atoms with Crippen LogP contribution in [-0.4, -0.2) is 81.7 Å². The van der Waals surface area contributed by atoms with Crippen molar-refractivity contribution in [3.63, 3.8) is 0 Å². The predicted molar refractivity (Wildman–Crippen MR) is 160 cm³/mol. The van der Waals surface area contributed by atoms with E-state index in [1.54, 1.807) is 21.3 Å². The standard InChI is InChI=1S/C20H43N.C6H16O3Si.C3H9N/c1-4-5-6-7-8-9-10-11-12-13-14-15-16-17-18-19-20-21(2)3;1-5-6-10(7-2,8-3)9-4;1-4(2)3/h4-20H2,1-3H3;5-6H2,1-4H3;1-3H3. The van der Waals surface area contributed by atoms with Gasteiger partial charge >= 0.3 is 8.80 Å². The molecule has 0 unspecified atom stereocenters. The van der Waals surface area contributed by atoms with Crippen molar-refractivity contribution in [1.82, 2.24) is 9.80 Å². The molecule has 0 aromatic heterocycles. The van der Waals surface area contributed by atoms with E-state index in [1.165, 1.54) is 109 Å². The van der Waals surface area contributed by atoms with Crippen molar-refractivity contribution in [3.8, 4) is 0 Å². The predicted octanol–water partition coefficient (Wildman–Crippen LogP) is 8.26. The second-order valence-electron chi connectivity index (χ2n) is 10.5. The SMILES string of the molecule is CCCCCCCCCCCCCCCCCCN(C)C.CCC[Si](OC)(OC)OC.CN(C)C. The third-order valence-corrected chi connectivity index (χ3v) is 8.93. The Kier molecular flexibility index (Phi) is 36.2. The Morgan fingerprint density at radius 1 is 0.457 bits per heavy atom. The third-order valence-electron chi connectivity index (χ3n) is 5.95. The molecule has 0 atom stereocenters. The van der Waals surface area contributed by atoms with Crippen LogP contribution < -0.4 is 0 Å². The average molecular weight is 521 g/mol. The molecule has 0 N–H and O–H groups in total. The van der Waals surface area contributed by atoms with Crippen LogP contribution in [0.3, 0.4) is 0 Å². The maximum atomic E-state index is 5.17. The minimum absolute atomic E-state index is 0.885. The van der Waals surface area contributed by atoms with E-state index in [2.05, 4.69) is 32.8 Å². The Hall–Kier alpha value is 0.0169. The summed E-state index contributed by atoms with van der Waals surface area (Å²) >= 11 is 0. The van der Waals surface area contributed by atoms with E-state index >= 15 is 0 Å². The lowest BCUT2D eigenvalue weighted by molar-refractivity contribution is 0.123. The van der Waals surface area contributed by atoms with Crippen LogP contribution in [0.1, 0.15) is 123 Å². The van der Waals surface area contributed by atoms with Gasteiger partial charge in [0.2, 0.25) is 0 Å². The molecule has 5 nitrogen and oxygen atoms in total. The summed E-state index contributed by atoms with van der Waals surface area (Å²) < 4.78 is 15.5. The summed E-state index contributed by atoms with van der Waals surface area (Å²) in [5.41, 5.74) is 0. The summed E-state index contributed by atoms with van der Waals surface area (Å²) in [6.45, 7) is 5.64. The van der Waals surface area contributed by atoms with E-state index < -0.39 is 8.80 Å². The van der Waals surface area contributed by atoms with Crippen LogP contribution in [0, 0.1) is 0 Å². The van der Waals surface area contributed by atoms with Gasteiger partial charge in [0.05, 0.1) is 0 Å². The molecule has 0 aromatic carbocycles. The largest absolute Gasteiger partial charge is 0.500 e. The van der Waals surface area contributed by atoms with Crippen LogP contribution >= 0.6 is 0 Å². The summed E-state index contributed by atoms with van der Waals surface area (Å²) in [4.78, 5) is 4.30. The molecule has 0 saturated heterocycles. The quantitative estimate of drug-likeness (QED) is 0.106. The van der Waals surface area contributed by atoms with Gasteiger partial charge in [-0.1, -0.05) is 117 Å². The van der Waals surface area contributed by atoms with Gasteiger partial charge in [-0.2, -0.15) is 0 Å². The Morgan fingerprint density at radius 3 is 0.943 bits per heavy atom. The summed E-state index contributed by atoms with van der Waals surface area (Å²) in [6.07, 6.45) is 24.3. The summed E-state index contributed by atoms with van der Waals surface area (Å²) in [5, 5.41) is 0. The number of nitrogens with zero attached hydrogens (tertiary/aromatic N) is 2. The molecule has 216 valence electrons. The highest BCUT2D eigenvalue weighted by Crippen LogP contribution is 2.14. The zero-order valence-electron chi connectivity index (χ0n) is 26.1. The zero-order valence-corrected chi connectivity index (χ0v) is 27.1. The highest BCUT2D eigenvalue weighted by atomic mass is 28.4. The number of hydrogen-bond acceptors (Lipinski definition) is 5. The molecule has 0 aliphatic heterocycles. The summed E-state index contributed by atoms with van der Waals surface area (Å²) in [5.74, 6) is 0. The Balaban J connectivity index is -0.000000603. The maximum absolute atomic E-state index is 5.17. The maximum Gasteiger partial charge on any atom is 0.500 e. The Bertz CT molecular complexity index is 357.